The molecule has 1 heterocycles. The number of hydrogen-bond donors (Lipinski definition) is 1. The van der Waals surface area contributed by atoms with Crippen LogP contribution in [0.15, 0.2) is 12.5 Å². The van der Waals surface area contributed by atoms with Crippen LogP contribution in [0.25, 0.3) is 0 Å². The van der Waals surface area contributed by atoms with E-state index in [1.54, 1.807) is 20.3 Å². The lowest BCUT2D eigenvalue weighted by Crippen LogP contribution is -2.34. The molecule has 0 aliphatic heterocycles. The molecule has 5 heteroatoms. The van der Waals surface area contributed by atoms with Gasteiger partial charge in [-0.05, 0) is 26.8 Å². The van der Waals surface area contributed by atoms with E-state index in [1.165, 1.54) is 0 Å². The fraction of sp³-hybridized carbons (Fsp3) is 0.643. The van der Waals surface area contributed by atoms with Crippen molar-refractivity contribution in [2.45, 2.75) is 51.1 Å². The van der Waals surface area contributed by atoms with Crippen molar-refractivity contribution < 1.29 is 9.59 Å². The molecule has 2 atom stereocenters. The second-order valence-electron chi connectivity index (χ2n) is 5.26. The van der Waals surface area contributed by atoms with Crippen LogP contribution in [-0.2, 0) is 16.0 Å². The minimum Gasteiger partial charge on any atom is -0.334 e. The first kappa shape index (κ1) is 13.9. The van der Waals surface area contributed by atoms with Crippen molar-refractivity contribution >= 4 is 11.6 Å². The number of hydrogen-bond acceptors (Lipinski definition) is 4. The van der Waals surface area contributed by atoms with Gasteiger partial charge in [0.25, 0.3) is 0 Å². The molecule has 104 valence electrons. The van der Waals surface area contributed by atoms with Crippen molar-refractivity contribution in [1.82, 2.24) is 14.9 Å². The van der Waals surface area contributed by atoms with Crippen molar-refractivity contribution in [1.29, 1.82) is 0 Å². The van der Waals surface area contributed by atoms with E-state index < -0.39 is 0 Å². The Morgan fingerprint density at radius 3 is 3.05 bits per heavy atom. The smallest absolute Gasteiger partial charge is 0.147 e. The van der Waals surface area contributed by atoms with Gasteiger partial charge in [-0.15, -0.1) is 0 Å². The maximum atomic E-state index is 11.5. The summed E-state index contributed by atoms with van der Waals surface area (Å²) in [4.78, 5) is 27.2. The summed E-state index contributed by atoms with van der Waals surface area (Å²) in [6.45, 7) is 1.58. The van der Waals surface area contributed by atoms with Gasteiger partial charge in [-0.2, -0.15) is 0 Å². The SMILES string of the molecule is CNC(Cc1cn(C2CCCC(=O)C2)cn1)C(C)=O. The van der Waals surface area contributed by atoms with Gasteiger partial charge in [0.1, 0.15) is 11.6 Å². The Morgan fingerprint density at radius 2 is 2.42 bits per heavy atom. The molecule has 0 radical (unpaired) electrons. The minimum absolute atomic E-state index is 0.116. The molecule has 1 saturated carbocycles. The molecular formula is C14H21N3O2. The summed E-state index contributed by atoms with van der Waals surface area (Å²) in [6, 6.07) is 0.0594. The molecular weight excluding hydrogens is 242 g/mol. The maximum Gasteiger partial charge on any atom is 0.147 e. The van der Waals surface area contributed by atoms with E-state index in [1.807, 2.05) is 10.8 Å². The van der Waals surface area contributed by atoms with Gasteiger partial charge < -0.3 is 9.88 Å². The monoisotopic (exact) mass is 263 g/mol. The normalized spacial score (nSPS) is 21.4. The molecule has 2 unspecified atom stereocenters. The first-order valence-corrected chi connectivity index (χ1v) is 6.82. The zero-order valence-electron chi connectivity index (χ0n) is 11.6. The van der Waals surface area contributed by atoms with Crippen LogP contribution in [0.1, 0.15) is 44.3 Å². The standard InChI is InChI=1S/C14H21N3O2/c1-10(18)14(15-2)6-11-8-17(9-16-11)12-4-3-5-13(19)7-12/h8-9,12,14-15H,3-7H2,1-2H3. The van der Waals surface area contributed by atoms with Gasteiger partial charge in [0, 0.05) is 31.5 Å². The number of Topliss-reactive ketones (excluding diaryl/α,β-unsaturated/α-hetero) is 2. The Morgan fingerprint density at radius 1 is 1.63 bits per heavy atom. The Bertz CT molecular complexity index is 467. The van der Waals surface area contributed by atoms with E-state index in [4.69, 9.17) is 0 Å². The lowest BCUT2D eigenvalue weighted by Gasteiger charge is -2.21. The number of ketones is 2. The molecule has 1 N–H and O–H groups in total. The Labute approximate surface area is 113 Å². The summed E-state index contributed by atoms with van der Waals surface area (Å²) >= 11 is 0. The number of imidazole rings is 1. The van der Waals surface area contributed by atoms with Gasteiger partial charge in [0.15, 0.2) is 0 Å². The summed E-state index contributed by atoms with van der Waals surface area (Å²) in [6.07, 6.45) is 7.66. The van der Waals surface area contributed by atoms with Crippen LogP contribution in [0.4, 0.5) is 0 Å². The molecule has 5 nitrogen and oxygen atoms in total. The van der Waals surface area contributed by atoms with E-state index >= 15 is 0 Å². The van der Waals surface area contributed by atoms with E-state index in [0.717, 1.165) is 18.5 Å². The first-order chi connectivity index (χ1) is 9.10. The Hall–Kier alpha value is -1.49. The highest BCUT2D eigenvalue weighted by atomic mass is 16.1. The number of carbonyl (C=O) groups excluding carboxylic acids is 2. The van der Waals surface area contributed by atoms with Crippen LogP contribution >= 0.6 is 0 Å². The van der Waals surface area contributed by atoms with E-state index in [2.05, 4.69) is 10.3 Å². The van der Waals surface area contributed by atoms with E-state index in [9.17, 15) is 9.59 Å². The molecule has 1 aromatic heterocycles. The minimum atomic E-state index is -0.184. The van der Waals surface area contributed by atoms with Gasteiger partial charge >= 0.3 is 0 Å². The largest absolute Gasteiger partial charge is 0.334 e. The lowest BCUT2D eigenvalue weighted by molar-refractivity contribution is -0.121. The molecule has 0 aromatic carbocycles. The van der Waals surface area contributed by atoms with Crippen molar-refractivity contribution in [3.05, 3.63) is 18.2 Å². The maximum absolute atomic E-state index is 11.5. The molecule has 0 spiro atoms. The average Bonchev–Trinajstić information content (AvgIpc) is 2.84. The van der Waals surface area contributed by atoms with Crippen LogP contribution in [0.2, 0.25) is 0 Å². The van der Waals surface area contributed by atoms with Gasteiger partial charge in [-0.3, -0.25) is 9.59 Å². The third kappa shape index (κ3) is 3.50. The topological polar surface area (TPSA) is 64.0 Å². The quantitative estimate of drug-likeness (QED) is 0.869. The van der Waals surface area contributed by atoms with E-state index in [-0.39, 0.29) is 17.9 Å². The highest BCUT2D eigenvalue weighted by molar-refractivity contribution is 5.81. The third-order valence-corrected chi connectivity index (χ3v) is 3.79. The highest BCUT2D eigenvalue weighted by Gasteiger charge is 2.21. The van der Waals surface area contributed by atoms with Gasteiger partial charge in [0.2, 0.25) is 0 Å². The zero-order valence-corrected chi connectivity index (χ0v) is 11.6. The van der Waals surface area contributed by atoms with Crippen molar-refractivity contribution in [3.63, 3.8) is 0 Å². The highest BCUT2D eigenvalue weighted by Crippen LogP contribution is 2.26. The fourth-order valence-electron chi connectivity index (χ4n) is 2.60. The van der Waals surface area contributed by atoms with Crippen LogP contribution < -0.4 is 5.32 Å². The van der Waals surface area contributed by atoms with Crippen LogP contribution in [0.3, 0.4) is 0 Å². The Kier molecular flexibility index (Phi) is 4.47. The first-order valence-electron chi connectivity index (χ1n) is 6.82. The summed E-state index contributed by atoms with van der Waals surface area (Å²) in [7, 11) is 1.78. The molecule has 0 bridgehead atoms. The van der Waals surface area contributed by atoms with E-state index in [0.29, 0.717) is 25.0 Å². The van der Waals surface area contributed by atoms with Crippen molar-refractivity contribution in [2.75, 3.05) is 7.05 Å². The van der Waals surface area contributed by atoms with Crippen LogP contribution in [-0.4, -0.2) is 34.2 Å². The number of nitrogens with zero attached hydrogens (tertiary/aromatic N) is 2. The molecule has 0 saturated heterocycles. The summed E-state index contributed by atoms with van der Waals surface area (Å²) in [5.74, 6) is 0.452. The second-order valence-corrected chi connectivity index (χ2v) is 5.26. The molecule has 2 rings (SSSR count). The fourth-order valence-corrected chi connectivity index (χ4v) is 2.60. The van der Waals surface area contributed by atoms with Crippen molar-refractivity contribution in [3.8, 4) is 0 Å². The zero-order chi connectivity index (χ0) is 13.8. The third-order valence-electron chi connectivity index (χ3n) is 3.79. The van der Waals surface area contributed by atoms with Crippen LogP contribution in [0.5, 0.6) is 0 Å². The number of nitrogens with one attached hydrogen (secondary N) is 1. The molecule has 19 heavy (non-hydrogen) atoms. The summed E-state index contributed by atoms with van der Waals surface area (Å²) in [5, 5.41) is 2.99. The number of carbonyl (C=O) groups is 2. The predicted octanol–water partition coefficient (Wildman–Crippen LogP) is 1.29. The number of rotatable bonds is 5. The van der Waals surface area contributed by atoms with Gasteiger partial charge in [-0.25, -0.2) is 4.98 Å². The molecule has 1 aliphatic rings. The molecule has 0 amide bonds. The second kappa shape index (κ2) is 6.10. The van der Waals surface area contributed by atoms with Gasteiger partial charge in [0.05, 0.1) is 18.1 Å². The lowest BCUT2D eigenvalue weighted by atomic mass is 9.94. The molecule has 1 fully saturated rings. The summed E-state index contributed by atoms with van der Waals surface area (Å²) in [5.41, 5.74) is 0.896. The molecule has 1 aliphatic carbocycles. The molecule has 1 aromatic rings. The summed E-state index contributed by atoms with van der Waals surface area (Å²) < 4.78 is 2.03. The predicted molar refractivity (Wildman–Crippen MR) is 72.0 cm³/mol. The van der Waals surface area contributed by atoms with Crippen molar-refractivity contribution in [2.24, 2.45) is 0 Å². The number of likely N-dealkylation sites (N-methyl/N-ethyl adjacent to an activating group) is 1. The average molecular weight is 263 g/mol. The Balaban J connectivity index is 2.02. The number of aromatic nitrogens is 2. The van der Waals surface area contributed by atoms with Crippen LogP contribution in [0, 0.1) is 0 Å². The van der Waals surface area contributed by atoms with Gasteiger partial charge in [-0.1, -0.05) is 0 Å².